The lowest BCUT2D eigenvalue weighted by atomic mass is 9.83. The average Bonchev–Trinajstić information content (AvgIpc) is 2.43. The van der Waals surface area contributed by atoms with E-state index in [9.17, 15) is 0 Å². The minimum absolute atomic E-state index is 0.152. The Morgan fingerprint density at radius 2 is 1.86 bits per heavy atom. The Balaban J connectivity index is 2.91. The molecule has 0 aromatic rings. The number of azo groups is 1. The molecule has 1 heterocycles. The van der Waals surface area contributed by atoms with E-state index in [0.717, 1.165) is 0 Å². The van der Waals surface area contributed by atoms with Gasteiger partial charge in [0.05, 0.1) is 6.07 Å². The van der Waals surface area contributed by atoms with E-state index in [4.69, 9.17) is 14.7 Å². The van der Waals surface area contributed by atoms with E-state index in [1.807, 2.05) is 6.92 Å². The van der Waals surface area contributed by atoms with Gasteiger partial charge in [0.25, 0.3) is 0 Å². The largest absolute Gasteiger partial charge is 0.324 e. The normalized spacial score (nSPS) is 21.3. The highest BCUT2D eigenvalue weighted by molar-refractivity contribution is 5.02. The zero-order chi connectivity index (χ0) is 10.7. The van der Waals surface area contributed by atoms with Crippen LogP contribution in [-0.2, 0) is 9.47 Å². The van der Waals surface area contributed by atoms with E-state index in [1.54, 1.807) is 13.8 Å². The van der Waals surface area contributed by atoms with Gasteiger partial charge in [0, 0.05) is 6.42 Å². The third-order valence-corrected chi connectivity index (χ3v) is 2.51. The fourth-order valence-electron chi connectivity index (χ4n) is 1.48. The zero-order valence-corrected chi connectivity index (χ0v) is 8.78. The highest BCUT2D eigenvalue weighted by Crippen LogP contribution is 2.38. The van der Waals surface area contributed by atoms with Crippen LogP contribution in [0.5, 0.6) is 0 Å². The minimum atomic E-state index is -0.898. The summed E-state index contributed by atoms with van der Waals surface area (Å²) in [5, 5.41) is 16.5. The summed E-state index contributed by atoms with van der Waals surface area (Å²) in [4.78, 5) is 0. The van der Waals surface area contributed by atoms with Crippen LogP contribution >= 0.6 is 0 Å². The van der Waals surface area contributed by atoms with E-state index in [0.29, 0.717) is 6.42 Å². The highest BCUT2D eigenvalue weighted by Gasteiger charge is 2.47. The molecule has 0 saturated carbocycles. The molecule has 1 aliphatic heterocycles. The molecule has 78 valence electrons. The van der Waals surface area contributed by atoms with Gasteiger partial charge < -0.3 is 9.47 Å². The molecule has 0 aliphatic carbocycles. The molecule has 0 fully saturated rings. The number of rotatable bonds is 2. The summed E-state index contributed by atoms with van der Waals surface area (Å²) >= 11 is 0. The molecule has 0 unspecified atom stereocenters. The van der Waals surface area contributed by atoms with Crippen LogP contribution in [0.3, 0.4) is 0 Å². The number of hydrogen-bond donors (Lipinski definition) is 0. The zero-order valence-electron chi connectivity index (χ0n) is 8.78. The van der Waals surface area contributed by atoms with Crippen molar-refractivity contribution < 1.29 is 9.47 Å². The monoisotopic (exact) mass is 197 g/mol. The number of hydrogen-bond acceptors (Lipinski definition) is 5. The number of ether oxygens (including phenoxy) is 2. The lowest BCUT2D eigenvalue weighted by Crippen LogP contribution is -2.48. The second-order valence-electron chi connectivity index (χ2n) is 3.67. The van der Waals surface area contributed by atoms with Crippen molar-refractivity contribution in [2.75, 3.05) is 13.5 Å². The molecule has 5 heteroatoms. The highest BCUT2D eigenvalue weighted by atomic mass is 16.7. The third kappa shape index (κ3) is 1.76. The Hall–Kier alpha value is -0.990. The molecule has 0 spiro atoms. The van der Waals surface area contributed by atoms with Crippen LogP contribution in [0, 0.1) is 16.7 Å². The van der Waals surface area contributed by atoms with Crippen molar-refractivity contribution in [1.29, 1.82) is 5.26 Å². The minimum Gasteiger partial charge on any atom is -0.324 e. The first-order chi connectivity index (χ1) is 6.58. The summed E-state index contributed by atoms with van der Waals surface area (Å²) < 4.78 is 11.0. The molecule has 0 atom stereocenters. The maximum Gasteiger partial charge on any atom is 0.190 e. The second-order valence-corrected chi connectivity index (χ2v) is 3.67. The van der Waals surface area contributed by atoms with Gasteiger partial charge in [-0.15, -0.1) is 0 Å². The smallest absolute Gasteiger partial charge is 0.190 e. The first kappa shape index (κ1) is 11.1. The van der Waals surface area contributed by atoms with Crippen LogP contribution in [0.25, 0.3) is 0 Å². The van der Waals surface area contributed by atoms with Gasteiger partial charge >= 0.3 is 0 Å². The standard InChI is InChI=1S/C9H15N3O2/c1-4-9(8(2,3)5-10)13-6-11-12-7-14-9/h4,6-7H2,1-3H3. The van der Waals surface area contributed by atoms with Crippen molar-refractivity contribution in [3.05, 3.63) is 0 Å². The topological polar surface area (TPSA) is 67.0 Å². The van der Waals surface area contributed by atoms with Gasteiger partial charge in [-0.25, -0.2) is 0 Å². The first-order valence-electron chi connectivity index (χ1n) is 4.60. The molecular weight excluding hydrogens is 182 g/mol. The molecule has 0 amide bonds. The van der Waals surface area contributed by atoms with Crippen LogP contribution in [0.4, 0.5) is 0 Å². The Morgan fingerprint density at radius 1 is 1.36 bits per heavy atom. The van der Waals surface area contributed by atoms with E-state index < -0.39 is 11.2 Å². The van der Waals surface area contributed by atoms with E-state index in [1.165, 1.54) is 0 Å². The molecule has 5 nitrogen and oxygen atoms in total. The van der Waals surface area contributed by atoms with Crippen molar-refractivity contribution in [1.82, 2.24) is 0 Å². The fraction of sp³-hybridized carbons (Fsp3) is 0.889. The van der Waals surface area contributed by atoms with Crippen LogP contribution in [0.15, 0.2) is 10.2 Å². The molecule has 0 aromatic heterocycles. The lowest BCUT2D eigenvalue weighted by molar-refractivity contribution is -0.272. The fourth-order valence-corrected chi connectivity index (χ4v) is 1.48. The predicted octanol–water partition coefficient (Wildman–Crippen LogP) is 2.06. The summed E-state index contributed by atoms with van der Waals surface area (Å²) in [6, 6.07) is 2.20. The molecule has 1 aliphatic rings. The van der Waals surface area contributed by atoms with Gasteiger partial charge in [-0.1, -0.05) is 6.92 Å². The van der Waals surface area contributed by atoms with Crippen LogP contribution in [0.1, 0.15) is 27.2 Å². The Labute approximate surface area is 83.7 Å². The van der Waals surface area contributed by atoms with Crippen molar-refractivity contribution in [3.63, 3.8) is 0 Å². The molecule has 14 heavy (non-hydrogen) atoms. The van der Waals surface area contributed by atoms with Gasteiger partial charge in [-0.05, 0) is 13.8 Å². The third-order valence-electron chi connectivity index (χ3n) is 2.51. The predicted molar refractivity (Wildman–Crippen MR) is 49.2 cm³/mol. The Kier molecular flexibility index (Phi) is 3.19. The van der Waals surface area contributed by atoms with Crippen molar-refractivity contribution in [2.45, 2.75) is 33.0 Å². The van der Waals surface area contributed by atoms with Gasteiger partial charge in [0.1, 0.15) is 5.41 Å². The molecule has 0 N–H and O–H groups in total. The van der Waals surface area contributed by atoms with Crippen LogP contribution in [0.2, 0.25) is 0 Å². The molecule has 0 aromatic carbocycles. The second kappa shape index (κ2) is 4.03. The van der Waals surface area contributed by atoms with E-state index >= 15 is 0 Å². The molecule has 1 rings (SSSR count). The van der Waals surface area contributed by atoms with Crippen LogP contribution in [-0.4, -0.2) is 19.2 Å². The van der Waals surface area contributed by atoms with E-state index in [-0.39, 0.29) is 13.5 Å². The van der Waals surface area contributed by atoms with Gasteiger partial charge in [0.2, 0.25) is 0 Å². The summed E-state index contributed by atoms with van der Waals surface area (Å²) in [5.74, 6) is -0.898. The SMILES string of the molecule is CCC1(C(C)(C)C#N)OCN=NCO1. The molecular formula is C9H15N3O2. The summed E-state index contributed by atoms with van der Waals surface area (Å²) in [6.07, 6.45) is 0.596. The Morgan fingerprint density at radius 3 is 2.21 bits per heavy atom. The van der Waals surface area contributed by atoms with Crippen molar-refractivity contribution in [2.24, 2.45) is 15.6 Å². The number of nitrogens with zero attached hydrogens (tertiary/aromatic N) is 3. The summed E-state index contributed by atoms with van der Waals surface area (Å²) in [5.41, 5.74) is -0.711. The number of nitriles is 1. The molecule has 0 bridgehead atoms. The molecule has 0 radical (unpaired) electrons. The summed E-state index contributed by atoms with van der Waals surface area (Å²) in [7, 11) is 0. The maximum absolute atomic E-state index is 9.06. The average molecular weight is 197 g/mol. The quantitative estimate of drug-likeness (QED) is 0.680. The van der Waals surface area contributed by atoms with Crippen LogP contribution < -0.4 is 0 Å². The van der Waals surface area contributed by atoms with E-state index in [2.05, 4.69) is 16.3 Å². The molecule has 0 saturated heterocycles. The van der Waals surface area contributed by atoms with Crippen molar-refractivity contribution in [3.8, 4) is 6.07 Å². The van der Waals surface area contributed by atoms with Gasteiger partial charge in [-0.2, -0.15) is 15.5 Å². The Bertz CT molecular complexity index is 258. The summed E-state index contributed by atoms with van der Waals surface area (Å²) in [6.45, 7) is 5.81. The maximum atomic E-state index is 9.06. The van der Waals surface area contributed by atoms with Gasteiger partial charge in [-0.3, -0.25) is 0 Å². The van der Waals surface area contributed by atoms with Gasteiger partial charge in [0.15, 0.2) is 19.2 Å². The van der Waals surface area contributed by atoms with Crippen molar-refractivity contribution >= 4 is 0 Å². The lowest BCUT2D eigenvalue weighted by Gasteiger charge is -2.39. The first-order valence-corrected chi connectivity index (χ1v) is 4.60.